The first-order chi connectivity index (χ1) is 8.63. The minimum absolute atomic E-state index is 0.439. The van der Waals surface area contributed by atoms with Gasteiger partial charge in [0.1, 0.15) is 11.5 Å². The summed E-state index contributed by atoms with van der Waals surface area (Å²) in [4.78, 5) is 0. The van der Waals surface area contributed by atoms with Gasteiger partial charge in [-0.1, -0.05) is 17.7 Å². The van der Waals surface area contributed by atoms with Gasteiger partial charge in [0.15, 0.2) is 0 Å². The number of hydrogen-bond acceptors (Lipinski definition) is 2. The van der Waals surface area contributed by atoms with Crippen LogP contribution in [0, 0.1) is 6.92 Å². The molecule has 0 unspecified atom stereocenters. The van der Waals surface area contributed by atoms with Crippen LogP contribution in [0.5, 0.6) is 11.5 Å². The molecule has 94 valence electrons. The zero-order valence-corrected chi connectivity index (χ0v) is 11.1. The van der Waals surface area contributed by atoms with Crippen molar-refractivity contribution in [2.75, 3.05) is 5.32 Å². The van der Waals surface area contributed by atoms with E-state index in [2.05, 4.69) is 26.1 Å². The largest absolute Gasteiger partial charge is 0.457 e. The highest BCUT2D eigenvalue weighted by Crippen LogP contribution is 2.23. The van der Waals surface area contributed by atoms with Crippen LogP contribution in [-0.4, -0.2) is 6.04 Å². The van der Waals surface area contributed by atoms with Crippen LogP contribution in [0.25, 0.3) is 0 Å². The van der Waals surface area contributed by atoms with Gasteiger partial charge < -0.3 is 10.1 Å². The van der Waals surface area contributed by atoms with E-state index >= 15 is 0 Å². The summed E-state index contributed by atoms with van der Waals surface area (Å²) in [6, 6.07) is 16.5. The van der Waals surface area contributed by atoms with Crippen LogP contribution in [-0.2, 0) is 0 Å². The van der Waals surface area contributed by atoms with E-state index in [4.69, 9.17) is 4.74 Å². The first-order valence-electron chi connectivity index (χ1n) is 6.24. The van der Waals surface area contributed by atoms with Crippen LogP contribution >= 0.6 is 0 Å². The molecular weight excluding hydrogens is 222 g/mol. The highest BCUT2D eigenvalue weighted by Gasteiger charge is 1.98. The first-order valence-corrected chi connectivity index (χ1v) is 6.24. The second-order valence-electron chi connectivity index (χ2n) is 4.74. The van der Waals surface area contributed by atoms with Crippen LogP contribution in [0.2, 0.25) is 0 Å². The number of rotatable bonds is 4. The molecule has 0 saturated heterocycles. The van der Waals surface area contributed by atoms with E-state index in [1.807, 2.05) is 48.5 Å². The Morgan fingerprint density at radius 3 is 1.83 bits per heavy atom. The van der Waals surface area contributed by atoms with E-state index in [0.717, 1.165) is 17.2 Å². The van der Waals surface area contributed by atoms with Crippen LogP contribution in [0.4, 0.5) is 5.69 Å². The molecule has 1 N–H and O–H groups in total. The maximum atomic E-state index is 5.77. The van der Waals surface area contributed by atoms with Crippen molar-refractivity contribution < 1.29 is 4.74 Å². The molecule has 2 heteroatoms. The van der Waals surface area contributed by atoms with Crippen molar-refractivity contribution in [3.8, 4) is 11.5 Å². The monoisotopic (exact) mass is 241 g/mol. The maximum Gasteiger partial charge on any atom is 0.127 e. The van der Waals surface area contributed by atoms with Gasteiger partial charge in [-0.25, -0.2) is 0 Å². The van der Waals surface area contributed by atoms with Crippen molar-refractivity contribution in [1.82, 2.24) is 0 Å². The first kappa shape index (κ1) is 12.5. The molecule has 0 aliphatic carbocycles. The van der Waals surface area contributed by atoms with Gasteiger partial charge in [-0.3, -0.25) is 0 Å². The van der Waals surface area contributed by atoms with E-state index in [1.54, 1.807) is 0 Å². The van der Waals surface area contributed by atoms with Crippen molar-refractivity contribution in [2.24, 2.45) is 0 Å². The van der Waals surface area contributed by atoms with E-state index in [-0.39, 0.29) is 0 Å². The molecule has 0 heterocycles. The minimum atomic E-state index is 0.439. The van der Waals surface area contributed by atoms with Crippen LogP contribution in [0.1, 0.15) is 19.4 Å². The molecule has 0 aliphatic rings. The highest BCUT2D eigenvalue weighted by molar-refractivity contribution is 5.47. The van der Waals surface area contributed by atoms with Gasteiger partial charge in [0.05, 0.1) is 0 Å². The second-order valence-corrected chi connectivity index (χ2v) is 4.74. The van der Waals surface area contributed by atoms with Gasteiger partial charge in [0.2, 0.25) is 0 Å². The third-order valence-corrected chi connectivity index (χ3v) is 2.57. The number of anilines is 1. The predicted molar refractivity (Wildman–Crippen MR) is 76.5 cm³/mol. The number of nitrogens with one attached hydrogen (secondary N) is 1. The summed E-state index contributed by atoms with van der Waals surface area (Å²) in [6.07, 6.45) is 0. The molecule has 0 fully saturated rings. The molecule has 0 amide bonds. The van der Waals surface area contributed by atoms with Crippen molar-refractivity contribution in [3.63, 3.8) is 0 Å². The lowest BCUT2D eigenvalue weighted by Gasteiger charge is -2.11. The van der Waals surface area contributed by atoms with Gasteiger partial charge >= 0.3 is 0 Å². The molecule has 0 bridgehead atoms. The fourth-order valence-electron chi connectivity index (χ4n) is 1.69. The lowest BCUT2D eigenvalue weighted by Crippen LogP contribution is -2.09. The highest BCUT2D eigenvalue weighted by atomic mass is 16.5. The number of ether oxygens (including phenoxy) is 1. The molecule has 0 atom stereocenters. The van der Waals surface area contributed by atoms with Gasteiger partial charge in [0, 0.05) is 11.7 Å². The predicted octanol–water partition coefficient (Wildman–Crippen LogP) is 4.61. The van der Waals surface area contributed by atoms with Crippen LogP contribution in [0.15, 0.2) is 48.5 Å². The van der Waals surface area contributed by atoms with Gasteiger partial charge in [-0.2, -0.15) is 0 Å². The van der Waals surface area contributed by atoms with Gasteiger partial charge in [-0.05, 0) is 57.2 Å². The average molecular weight is 241 g/mol. The zero-order valence-electron chi connectivity index (χ0n) is 11.1. The normalized spacial score (nSPS) is 10.4. The molecule has 0 aromatic heterocycles. The molecule has 0 aliphatic heterocycles. The molecule has 0 radical (unpaired) electrons. The average Bonchev–Trinajstić information content (AvgIpc) is 2.34. The quantitative estimate of drug-likeness (QED) is 0.844. The second kappa shape index (κ2) is 5.58. The van der Waals surface area contributed by atoms with Crippen LogP contribution < -0.4 is 10.1 Å². The summed E-state index contributed by atoms with van der Waals surface area (Å²) in [5.41, 5.74) is 2.35. The fourth-order valence-corrected chi connectivity index (χ4v) is 1.69. The molecular formula is C16H19NO. The molecule has 2 rings (SSSR count). The Kier molecular flexibility index (Phi) is 3.88. The lowest BCUT2D eigenvalue weighted by atomic mass is 10.2. The smallest absolute Gasteiger partial charge is 0.127 e. The Bertz CT molecular complexity index is 486. The summed E-state index contributed by atoms with van der Waals surface area (Å²) in [6.45, 7) is 6.31. The van der Waals surface area contributed by atoms with Crippen molar-refractivity contribution in [3.05, 3.63) is 54.1 Å². The Morgan fingerprint density at radius 2 is 1.33 bits per heavy atom. The van der Waals surface area contributed by atoms with Gasteiger partial charge in [-0.15, -0.1) is 0 Å². The Labute approximate surface area is 109 Å². The summed E-state index contributed by atoms with van der Waals surface area (Å²) < 4.78 is 5.77. The van der Waals surface area contributed by atoms with Crippen molar-refractivity contribution in [1.29, 1.82) is 0 Å². The standard InChI is InChI=1S/C16H19NO/c1-12(2)17-14-6-10-16(11-7-14)18-15-8-4-13(3)5-9-15/h4-12,17H,1-3H3. The Morgan fingerprint density at radius 1 is 0.833 bits per heavy atom. The molecule has 2 nitrogen and oxygen atoms in total. The van der Waals surface area contributed by atoms with E-state index in [1.165, 1.54) is 5.56 Å². The summed E-state index contributed by atoms with van der Waals surface area (Å²) in [5, 5.41) is 3.35. The maximum absolute atomic E-state index is 5.77. The Hall–Kier alpha value is -1.96. The third kappa shape index (κ3) is 3.52. The molecule has 18 heavy (non-hydrogen) atoms. The third-order valence-electron chi connectivity index (χ3n) is 2.57. The topological polar surface area (TPSA) is 21.3 Å². The minimum Gasteiger partial charge on any atom is -0.457 e. The van der Waals surface area contributed by atoms with Crippen LogP contribution in [0.3, 0.4) is 0 Å². The van der Waals surface area contributed by atoms with Gasteiger partial charge in [0.25, 0.3) is 0 Å². The zero-order chi connectivity index (χ0) is 13.0. The summed E-state index contributed by atoms with van der Waals surface area (Å²) >= 11 is 0. The van der Waals surface area contributed by atoms with Crippen molar-refractivity contribution in [2.45, 2.75) is 26.8 Å². The molecule has 0 spiro atoms. The molecule has 0 saturated carbocycles. The number of hydrogen-bond donors (Lipinski definition) is 1. The molecule has 2 aromatic rings. The van der Waals surface area contributed by atoms with E-state index in [9.17, 15) is 0 Å². The van der Waals surface area contributed by atoms with E-state index < -0.39 is 0 Å². The Balaban J connectivity index is 2.04. The molecule has 2 aromatic carbocycles. The summed E-state index contributed by atoms with van der Waals surface area (Å²) in [7, 11) is 0. The SMILES string of the molecule is Cc1ccc(Oc2ccc(NC(C)C)cc2)cc1. The number of aryl methyl sites for hydroxylation is 1. The summed E-state index contributed by atoms with van der Waals surface area (Å²) in [5.74, 6) is 1.72. The van der Waals surface area contributed by atoms with Crippen molar-refractivity contribution >= 4 is 5.69 Å². The number of benzene rings is 2. The lowest BCUT2D eigenvalue weighted by molar-refractivity contribution is 0.482. The fraction of sp³-hybridized carbons (Fsp3) is 0.250. The van der Waals surface area contributed by atoms with E-state index in [0.29, 0.717) is 6.04 Å².